The normalized spacial score (nSPS) is 10.4. The van der Waals surface area contributed by atoms with E-state index < -0.39 is 5.97 Å². The number of carboxylic acids is 1. The molecule has 2 aromatic rings. The fraction of sp³-hybridized carbons (Fsp3) is 0.300. The van der Waals surface area contributed by atoms with Crippen molar-refractivity contribution >= 4 is 28.3 Å². The van der Waals surface area contributed by atoms with Crippen LogP contribution in [-0.2, 0) is 11.3 Å². The standard InChI is InChI=1S/C10H11N5O3S/c1-5-8(9(17)18)13-14-15(5)3-7-4-19-10(12-7)11-6(2)16/h4H,3H2,1-2H3,(H,17,18)(H,11,12,16). The van der Waals surface area contributed by atoms with Crippen LogP contribution < -0.4 is 5.32 Å². The number of amides is 1. The van der Waals surface area contributed by atoms with Crippen molar-refractivity contribution in [3.05, 3.63) is 22.5 Å². The van der Waals surface area contributed by atoms with Crippen LogP contribution in [0.3, 0.4) is 0 Å². The molecule has 0 aliphatic carbocycles. The predicted molar refractivity (Wildman–Crippen MR) is 67.2 cm³/mol. The van der Waals surface area contributed by atoms with Crippen LogP contribution >= 0.6 is 11.3 Å². The van der Waals surface area contributed by atoms with Gasteiger partial charge in [0.1, 0.15) is 0 Å². The molecule has 0 bridgehead atoms. The topological polar surface area (TPSA) is 110 Å². The maximum absolute atomic E-state index is 10.9. The Morgan fingerprint density at radius 1 is 1.53 bits per heavy atom. The third kappa shape index (κ3) is 2.94. The highest BCUT2D eigenvalue weighted by Gasteiger charge is 2.15. The summed E-state index contributed by atoms with van der Waals surface area (Å²) in [4.78, 5) is 25.9. The second-order valence-corrected chi connectivity index (χ2v) is 4.67. The van der Waals surface area contributed by atoms with Gasteiger partial charge in [0.05, 0.1) is 17.9 Å². The number of carbonyl (C=O) groups excluding carboxylic acids is 1. The van der Waals surface area contributed by atoms with Crippen molar-refractivity contribution in [1.82, 2.24) is 20.0 Å². The van der Waals surface area contributed by atoms with Crippen molar-refractivity contribution in [3.8, 4) is 0 Å². The van der Waals surface area contributed by atoms with Crippen LogP contribution in [0.5, 0.6) is 0 Å². The predicted octanol–water partition coefficient (Wildman–Crippen LogP) is 0.748. The minimum atomic E-state index is -1.11. The zero-order valence-corrected chi connectivity index (χ0v) is 11.1. The quantitative estimate of drug-likeness (QED) is 0.855. The number of nitrogens with one attached hydrogen (secondary N) is 1. The third-order valence-corrected chi connectivity index (χ3v) is 3.14. The molecule has 100 valence electrons. The molecule has 0 aliphatic rings. The lowest BCUT2D eigenvalue weighted by molar-refractivity contribution is -0.114. The second-order valence-electron chi connectivity index (χ2n) is 3.81. The monoisotopic (exact) mass is 281 g/mol. The molecular weight excluding hydrogens is 270 g/mol. The van der Waals surface area contributed by atoms with Crippen molar-refractivity contribution in [3.63, 3.8) is 0 Å². The van der Waals surface area contributed by atoms with Crippen molar-refractivity contribution in [1.29, 1.82) is 0 Å². The van der Waals surface area contributed by atoms with Gasteiger partial charge in [0.25, 0.3) is 0 Å². The third-order valence-electron chi connectivity index (χ3n) is 2.33. The minimum absolute atomic E-state index is 0.0719. The number of aromatic carboxylic acids is 1. The Bertz CT molecular complexity index is 633. The van der Waals surface area contributed by atoms with Crippen LogP contribution in [0.1, 0.15) is 28.8 Å². The molecule has 0 radical (unpaired) electrons. The average Bonchev–Trinajstić information content (AvgIpc) is 2.87. The summed E-state index contributed by atoms with van der Waals surface area (Å²) in [5, 5.41) is 21.1. The Hall–Kier alpha value is -2.29. The molecular formula is C10H11N5O3S. The molecule has 0 fully saturated rings. The summed E-state index contributed by atoms with van der Waals surface area (Å²) in [5.74, 6) is -1.30. The minimum Gasteiger partial charge on any atom is -0.476 e. The van der Waals surface area contributed by atoms with Crippen molar-refractivity contribution in [2.75, 3.05) is 5.32 Å². The highest BCUT2D eigenvalue weighted by Crippen LogP contribution is 2.16. The lowest BCUT2D eigenvalue weighted by atomic mass is 10.3. The first-order valence-electron chi connectivity index (χ1n) is 5.32. The molecule has 0 spiro atoms. The molecule has 1 amide bonds. The number of carboxylic acid groups (broad SMARTS) is 1. The largest absolute Gasteiger partial charge is 0.476 e. The van der Waals surface area contributed by atoms with Gasteiger partial charge in [-0.15, -0.1) is 16.4 Å². The van der Waals surface area contributed by atoms with Gasteiger partial charge < -0.3 is 10.4 Å². The van der Waals surface area contributed by atoms with E-state index in [-0.39, 0.29) is 11.6 Å². The van der Waals surface area contributed by atoms with E-state index in [1.54, 1.807) is 12.3 Å². The van der Waals surface area contributed by atoms with Crippen LogP contribution in [0, 0.1) is 6.92 Å². The van der Waals surface area contributed by atoms with Gasteiger partial charge in [-0.05, 0) is 6.92 Å². The van der Waals surface area contributed by atoms with Gasteiger partial charge in [-0.1, -0.05) is 5.21 Å². The van der Waals surface area contributed by atoms with E-state index in [0.717, 1.165) is 0 Å². The number of thiazole rings is 1. The number of anilines is 1. The molecule has 0 atom stereocenters. The Morgan fingerprint density at radius 3 is 2.84 bits per heavy atom. The van der Waals surface area contributed by atoms with E-state index in [2.05, 4.69) is 20.6 Å². The SMILES string of the molecule is CC(=O)Nc1nc(Cn2nnc(C(=O)O)c2C)cs1. The summed E-state index contributed by atoms with van der Waals surface area (Å²) in [6.45, 7) is 3.34. The van der Waals surface area contributed by atoms with E-state index >= 15 is 0 Å². The fourth-order valence-electron chi connectivity index (χ4n) is 1.45. The summed E-state index contributed by atoms with van der Waals surface area (Å²) >= 11 is 1.30. The maximum Gasteiger partial charge on any atom is 0.358 e. The second kappa shape index (κ2) is 5.14. The maximum atomic E-state index is 10.9. The van der Waals surface area contributed by atoms with Gasteiger partial charge in [-0.2, -0.15) is 0 Å². The molecule has 2 N–H and O–H groups in total. The zero-order valence-electron chi connectivity index (χ0n) is 10.2. The van der Waals surface area contributed by atoms with E-state index in [1.807, 2.05) is 0 Å². The van der Waals surface area contributed by atoms with Crippen LogP contribution in [0.2, 0.25) is 0 Å². The van der Waals surface area contributed by atoms with Gasteiger partial charge in [0, 0.05) is 12.3 Å². The molecule has 2 aromatic heterocycles. The van der Waals surface area contributed by atoms with Gasteiger partial charge >= 0.3 is 5.97 Å². The van der Waals surface area contributed by atoms with E-state index in [1.165, 1.54) is 22.9 Å². The zero-order chi connectivity index (χ0) is 14.0. The highest BCUT2D eigenvalue weighted by molar-refractivity contribution is 7.13. The molecule has 0 saturated carbocycles. The van der Waals surface area contributed by atoms with Crippen molar-refractivity contribution < 1.29 is 14.7 Å². The van der Waals surface area contributed by atoms with E-state index in [0.29, 0.717) is 23.1 Å². The number of hydrogen-bond acceptors (Lipinski definition) is 6. The van der Waals surface area contributed by atoms with Gasteiger partial charge in [-0.25, -0.2) is 14.5 Å². The lowest BCUT2D eigenvalue weighted by Gasteiger charge is -1.99. The molecule has 2 heterocycles. The van der Waals surface area contributed by atoms with Crippen molar-refractivity contribution in [2.45, 2.75) is 20.4 Å². The number of nitrogens with zero attached hydrogens (tertiary/aromatic N) is 4. The van der Waals surface area contributed by atoms with Gasteiger partial charge in [-0.3, -0.25) is 4.79 Å². The Kier molecular flexibility index (Phi) is 3.56. The summed E-state index contributed by atoms with van der Waals surface area (Å²) in [6, 6.07) is 0. The Morgan fingerprint density at radius 2 is 2.26 bits per heavy atom. The molecule has 0 saturated heterocycles. The molecule has 19 heavy (non-hydrogen) atoms. The summed E-state index contributed by atoms with van der Waals surface area (Å²) < 4.78 is 1.45. The van der Waals surface area contributed by atoms with Crippen LogP contribution in [0.25, 0.3) is 0 Å². The van der Waals surface area contributed by atoms with Gasteiger partial charge in [0.15, 0.2) is 10.8 Å². The summed E-state index contributed by atoms with van der Waals surface area (Å²) in [6.07, 6.45) is 0. The molecule has 0 aliphatic heterocycles. The number of hydrogen-bond donors (Lipinski definition) is 2. The lowest BCUT2D eigenvalue weighted by Crippen LogP contribution is -2.08. The van der Waals surface area contributed by atoms with Gasteiger partial charge in [0.2, 0.25) is 5.91 Å². The Balaban J connectivity index is 2.15. The first-order valence-corrected chi connectivity index (χ1v) is 6.20. The molecule has 8 nitrogen and oxygen atoms in total. The molecule has 0 unspecified atom stereocenters. The summed E-state index contributed by atoms with van der Waals surface area (Å²) in [5.41, 5.74) is 1.07. The van der Waals surface area contributed by atoms with Crippen LogP contribution in [0.4, 0.5) is 5.13 Å². The average molecular weight is 281 g/mol. The molecule has 9 heteroatoms. The summed E-state index contributed by atoms with van der Waals surface area (Å²) in [7, 11) is 0. The number of carbonyl (C=O) groups is 2. The van der Waals surface area contributed by atoms with Crippen molar-refractivity contribution in [2.24, 2.45) is 0 Å². The first kappa shape index (κ1) is 13.1. The molecule has 0 aromatic carbocycles. The number of rotatable bonds is 4. The fourth-order valence-corrected chi connectivity index (χ4v) is 2.20. The highest BCUT2D eigenvalue weighted by atomic mass is 32.1. The number of aromatic nitrogens is 4. The van der Waals surface area contributed by atoms with E-state index in [9.17, 15) is 9.59 Å². The van der Waals surface area contributed by atoms with E-state index in [4.69, 9.17) is 5.11 Å². The Labute approximate surface area is 112 Å². The smallest absolute Gasteiger partial charge is 0.358 e. The van der Waals surface area contributed by atoms with Crippen LogP contribution in [0.15, 0.2) is 5.38 Å². The molecule has 2 rings (SSSR count). The van der Waals surface area contributed by atoms with Crippen LogP contribution in [-0.4, -0.2) is 37.0 Å². The first-order chi connectivity index (χ1) is 8.97.